The van der Waals surface area contributed by atoms with Crippen molar-refractivity contribution in [1.82, 2.24) is 4.98 Å². The molecule has 0 fully saturated rings. The standard InChI is InChI=1S/C13H15NO2/c1-2-11-8-14-5-3-12(11)13(15)7-10-4-6-16-9-10/h3-6,8-9,13,15H,2,7H2,1H3. The lowest BCUT2D eigenvalue weighted by molar-refractivity contribution is 0.177. The first kappa shape index (κ1) is 10.9. The Morgan fingerprint density at radius 1 is 1.44 bits per heavy atom. The Labute approximate surface area is 94.8 Å². The molecule has 3 heteroatoms. The fourth-order valence-electron chi connectivity index (χ4n) is 1.80. The van der Waals surface area contributed by atoms with Crippen LogP contribution in [0.2, 0.25) is 0 Å². The van der Waals surface area contributed by atoms with Crippen molar-refractivity contribution >= 4 is 0 Å². The first-order chi connectivity index (χ1) is 7.81. The number of furan rings is 1. The molecule has 0 bridgehead atoms. The molecule has 0 amide bonds. The Morgan fingerprint density at radius 3 is 3.00 bits per heavy atom. The molecule has 1 unspecified atom stereocenters. The number of aliphatic hydroxyl groups excluding tert-OH is 1. The minimum absolute atomic E-state index is 0.490. The number of aliphatic hydroxyl groups is 1. The van der Waals surface area contributed by atoms with E-state index in [1.807, 2.05) is 18.3 Å². The van der Waals surface area contributed by atoms with Gasteiger partial charge in [-0.3, -0.25) is 4.98 Å². The minimum atomic E-state index is -0.490. The summed E-state index contributed by atoms with van der Waals surface area (Å²) in [7, 11) is 0. The van der Waals surface area contributed by atoms with Crippen molar-refractivity contribution in [1.29, 1.82) is 0 Å². The summed E-state index contributed by atoms with van der Waals surface area (Å²) in [6, 6.07) is 3.75. The van der Waals surface area contributed by atoms with Crippen LogP contribution >= 0.6 is 0 Å². The minimum Gasteiger partial charge on any atom is -0.472 e. The maximum atomic E-state index is 10.1. The first-order valence-electron chi connectivity index (χ1n) is 5.43. The second-order valence-corrected chi connectivity index (χ2v) is 3.78. The lowest BCUT2D eigenvalue weighted by Crippen LogP contribution is -2.05. The third-order valence-electron chi connectivity index (χ3n) is 2.69. The van der Waals surface area contributed by atoms with E-state index in [0.29, 0.717) is 6.42 Å². The Morgan fingerprint density at radius 2 is 2.31 bits per heavy atom. The van der Waals surface area contributed by atoms with Crippen molar-refractivity contribution in [3.8, 4) is 0 Å². The topological polar surface area (TPSA) is 46.3 Å². The molecule has 1 atom stereocenters. The fourth-order valence-corrected chi connectivity index (χ4v) is 1.80. The number of aryl methyl sites for hydroxylation is 1. The highest BCUT2D eigenvalue weighted by Crippen LogP contribution is 2.21. The Hall–Kier alpha value is -1.61. The molecule has 2 aromatic heterocycles. The highest BCUT2D eigenvalue weighted by atomic mass is 16.3. The maximum Gasteiger partial charge on any atom is 0.0935 e. The number of hydrogen-bond acceptors (Lipinski definition) is 3. The molecule has 16 heavy (non-hydrogen) atoms. The Kier molecular flexibility index (Phi) is 3.37. The third-order valence-corrected chi connectivity index (χ3v) is 2.69. The highest BCUT2D eigenvalue weighted by molar-refractivity contribution is 5.27. The summed E-state index contributed by atoms with van der Waals surface area (Å²) in [6.07, 6.45) is 7.78. The first-order valence-corrected chi connectivity index (χ1v) is 5.43. The van der Waals surface area contributed by atoms with Gasteiger partial charge in [0, 0.05) is 18.8 Å². The van der Waals surface area contributed by atoms with Gasteiger partial charge in [-0.1, -0.05) is 6.92 Å². The van der Waals surface area contributed by atoms with Crippen LogP contribution in [-0.2, 0) is 12.8 Å². The van der Waals surface area contributed by atoms with Crippen molar-refractivity contribution in [2.75, 3.05) is 0 Å². The second kappa shape index (κ2) is 4.94. The van der Waals surface area contributed by atoms with E-state index in [-0.39, 0.29) is 0 Å². The van der Waals surface area contributed by atoms with E-state index >= 15 is 0 Å². The molecular weight excluding hydrogens is 202 g/mol. The molecule has 0 radical (unpaired) electrons. The molecule has 0 aliphatic heterocycles. The Balaban J connectivity index is 2.17. The van der Waals surface area contributed by atoms with Crippen molar-refractivity contribution < 1.29 is 9.52 Å². The molecule has 2 rings (SSSR count). The van der Waals surface area contributed by atoms with Crippen LogP contribution in [0.4, 0.5) is 0 Å². The van der Waals surface area contributed by atoms with E-state index in [1.165, 1.54) is 0 Å². The Bertz CT molecular complexity index is 437. The van der Waals surface area contributed by atoms with Gasteiger partial charge in [-0.05, 0) is 35.2 Å². The van der Waals surface area contributed by atoms with Crippen LogP contribution in [0.25, 0.3) is 0 Å². The van der Waals surface area contributed by atoms with Gasteiger partial charge in [0.25, 0.3) is 0 Å². The summed E-state index contributed by atoms with van der Waals surface area (Å²) in [5.74, 6) is 0. The SMILES string of the molecule is CCc1cnccc1C(O)Cc1ccoc1. The van der Waals surface area contributed by atoms with Crippen molar-refractivity contribution in [3.05, 3.63) is 53.7 Å². The van der Waals surface area contributed by atoms with E-state index in [0.717, 1.165) is 23.1 Å². The molecule has 84 valence electrons. The van der Waals surface area contributed by atoms with E-state index in [4.69, 9.17) is 4.42 Å². The van der Waals surface area contributed by atoms with E-state index in [9.17, 15) is 5.11 Å². The van der Waals surface area contributed by atoms with E-state index < -0.39 is 6.10 Å². The predicted octanol–water partition coefficient (Wildman–Crippen LogP) is 2.51. The number of nitrogens with zero attached hydrogens (tertiary/aromatic N) is 1. The second-order valence-electron chi connectivity index (χ2n) is 3.78. The highest BCUT2D eigenvalue weighted by Gasteiger charge is 2.12. The predicted molar refractivity (Wildman–Crippen MR) is 61.0 cm³/mol. The molecule has 2 heterocycles. The summed E-state index contributed by atoms with van der Waals surface area (Å²) in [5, 5.41) is 10.1. The zero-order chi connectivity index (χ0) is 11.4. The maximum absolute atomic E-state index is 10.1. The van der Waals surface area contributed by atoms with Crippen LogP contribution in [0, 0.1) is 0 Å². The quantitative estimate of drug-likeness (QED) is 0.855. The van der Waals surface area contributed by atoms with Gasteiger partial charge in [-0.25, -0.2) is 0 Å². The smallest absolute Gasteiger partial charge is 0.0935 e. The zero-order valence-electron chi connectivity index (χ0n) is 9.26. The number of aromatic nitrogens is 1. The molecule has 0 aliphatic rings. The number of pyridine rings is 1. The van der Waals surface area contributed by atoms with Gasteiger partial charge in [0.05, 0.1) is 18.6 Å². The lowest BCUT2D eigenvalue weighted by atomic mass is 9.99. The number of rotatable bonds is 4. The molecule has 3 nitrogen and oxygen atoms in total. The molecular formula is C13H15NO2. The molecule has 0 saturated heterocycles. The van der Waals surface area contributed by atoms with E-state index in [1.54, 1.807) is 18.7 Å². The average molecular weight is 217 g/mol. The van der Waals surface area contributed by atoms with E-state index in [2.05, 4.69) is 11.9 Å². The van der Waals surface area contributed by atoms with Gasteiger partial charge in [-0.15, -0.1) is 0 Å². The van der Waals surface area contributed by atoms with Crippen molar-refractivity contribution in [2.45, 2.75) is 25.9 Å². The van der Waals surface area contributed by atoms with Gasteiger partial charge in [0.2, 0.25) is 0 Å². The molecule has 1 N–H and O–H groups in total. The number of hydrogen-bond donors (Lipinski definition) is 1. The summed E-state index contributed by atoms with van der Waals surface area (Å²) in [4.78, 5) is 4.07. The molecule has 0 aromatic carbocycles. The van der Waals surface area contributed by atoms with Crippen LogP contribution in [0.1, 0.15) is 29.7 Å². The summed E-state index contributed by atoms with van der Waals surface area (Å²) in [6.45, 7) is 2.06. The lowest BCUT2D eigenvalue weighted by Gasteiger charge is -2.13. The molecule has 2 aromatic rings. The van der Waals surface area contributed by atoms with Crippen molar-refractivity contribution in [2.24, 2.45) is 0 Å². The van der Waals surface area contributed by atoms with Crippen LogP contribution < -0.4 is 0 Å². The van der Waals surface area contributed by atoms with Crippen molar-refractivity contribution in [3.63, 3.8) is 0 Å². The molecule has 0 spiro atoms. The molecule has 0 aliphatic carbocycles. The van der Waals surface area contributed by atoms with Crippen LogP contribution in [0.15, 0.2) is 41.5 Å². The van der Waals surface area contributed by atoms with Gasteiger partial charge in [0.1, 0.15) is 0 Å². The average Bonchev–Trinajstić information content (AvgIpc) is 2.81. The van der Waals surface area contributed by atoms with Gasteiger partial charge < -0.3 is 9.52 Å². The molecule has 0 saturated carbocycles. The third kappa shape index (κ3) is 2.31. The van der Waals surface area contributed by atoms with Crippen LogP contribution in [0.3, 0.4) is 0 Å². The van der Waals surface area contributed by atoms with Gasteiger partial charge in [-0.2, -0.15) is 0 Å². The van der Waals surface area contributed by atoms with Gasteiger partial charge in [0.15, 0.2) is 0 Å². The van der Waals surface area contributed by atoms with Gasteiger partial charge >= 0.3 is 0 Å². The normalized spacial score (nSPS) is 12.6. The summed E-state index contributed by atoms with van der Waals surface area (Å²) in [5.41, 5.74) is 3.06. The largest absolute Gasteiger partial charge is 0.472 e. The zero-order valence-corrected chi connectivity index (χ0v) is 9.26. The van der Waals surface area contributed by atoms with Crippen LogP contribution in [0.5, 0.6) is 0 Å². The monoisotopic (exact) mass is 217 g/mol. The summed E-state index contributed by atoms with van der Waals surface area (Å²) < 4.78 is 4.98. The van der Waals surface area contributed by atoms with Crippen LogP contribution in [-0.4, -0.2) is 10.1 Å². The summed E-state index contributed by atoms with van der Waals surface area (Å²) >= 11 is 0. The fraction of sp³-hybridized carbons (Fsp3) is 0.308.